The summed E-state index contributed by atoms with van der Waals surface area (Å²) in [6, 6.07) is 12.7. The second-order valence-corrected chi connectivity index (χ2v) is 8.26. The Morgan fingerprint density at radius 1 is 0.939 bits per heavy atom. The molecule has 2 atom stereocenters. The maximum atomic E-state index is 13.6. The van der Waals surface area contributed by atoms with Gasteiger partial charge in [-0.05, 0) is 42.6 Å². The Morgan fingerprint density at radius 3 is 2.33 bits per heavy atom. The van der Waals surface area contributed by atoms with Crippen molar-refractivity contribution >= 4 is 10.9 Å². The van der Waals surface area contributed by atoms with Crippen LogP contribution in [0.25, 0.3) is 10.9 Å². The summed E-state index contributed by atoms with van der Waals surface area (Å²) in [6.45, 7) is 1.10. The Labute approximate surface area is 186 Å². The van der Waals surface area contributed by atoms with Gasteiger partial charge in [0.1, 0.15) is 5.69 Å². The molecule has 0 bridgehead atoms. The number of rotatable bonds is 4. The molecule has 1 aliphatic heterocycles. The smallest absolute Gasteiger partial charge is 0.387 e. The predicted molar refractivity (Wildman–Crippen MR) is 111 cm³/mol. The largest absolute Gasteiger partial charge is 0.433 e. The van der Waals surface area contributed by atoms with Crippen LogP contribution in [0.1, 0.15) is 47.8 Å². The lowest BCUT2D eigenvalue weighted by Crippen LogP contribution is -2.42. The van der Waals surface area contributed by atoms with Crippen molar-refractivity contribution in [1.82, 2.24) is 9.88 Å². The van der Waals surface area contributed by atoms with Gasteiger partial charge in [-0.15, -0.1) is 0 Å². The monoisotopic (exact) mass is 468 g/mol. The number of aliphatic hydroxyl groups excluding tert-OH is 1. The average Bonchev–Trinajstić information content (AvgIpc) is 2.77. The molecule has 0 saturated carbocycles. The molecule has 3 aromatic rings. The molecule has 9 heteroatoms. The molecule has 4 rings (SSSR count). The van der Waals surface area contributed by atoms with Crippen LogP contribution in [0.3, 0.4) is 0 Å². The molecule has 0 spiro atoms. The van der Waals surface area contributed by atoms with E-state index in [1.165, 1.54) is 6.07 Å². The van der Waals surface area contributed by atoms with Crippen molar-refractivity contribution in [2.45, 2.75) is 50.3 Å². The highest BCUT2D eigenvalue weighted by Crippen LogP contribution is 2.41. The van der Waals surface area contributed by atoms with Crippen LogP contribution >= 0.6 is 0 Å². The van der Waals surface area contributed by atoms with Crippen LogP contribution in [0.5, 0.6) is 0 Å². The molecule has 1 aromatic heterocycles. The van der Waals surface area contributed by atoms with Gasteiger partial charge < -0.3 is 5.11 Å². The molecule has 1 N–H and O–H groups in total. The highest BCUT2D eigenvalue weighted by molar-refractivity contribution is 5.86. The summed E-state index contributed by atoms with van der Waals surface area (Å²) < 4.78 is 81.3. The number of benzene rings is 2. The van der Waals surface area contributed by atoms with Crippen LogP contribution in [0.15, 0.2) is 54.6 Å². The number of likely N-dealkylation sites (tertiary alicyclic amines) is 1. The number of pyridine rings is 1. The first-order valence-electron chi connectivity index (χ1n) is 10.6. The van der Waals surface area contributed by atoms with Crippen molar-refractivity contribution in [2.24, 2.45) is 0 Å². The van der Waals surface area contributed by atoms with Gasteiger partial charge in [0, 0.05) is 18.0 Å². The fourth-order valence-electron chi connectivity index (χ4n) is 4.49. The van der Waals surface area contributed by atoms with Gasteiger partial charge in [-0.2, -0.15) is 26.3 Å². The summed E-state index contributed by atoms with van der Waals surface area (Å²) >= 11 is 0. The Kier molecular flexibility index (Phi) is 6.37. The lowest BCUT2D eigenvalue weighted by Gasteiger charge is -2.39. The predicted octanol–water partition coefficient (Wildman–Crippen LogP) is 6.36. The van der Waals surface area contributed by atoms with Crippen LogP contribution < -0.4 is 0 Å². The van der Waals surface area contributed by atoms with E-state index < -0.39 is 41.3 Å². The number of aliphatic hydroxyl groups is 1. The van der Waals surface area contributed by atoms with Gasteiger partial charge in [0.15, 0.2) is 0 Å². The molecule has 0 aliphatic carbocycles. The SMILES string of the molecule is O[C@@H](c1cc(C(F)(F)F)nc2c(C(F)(F)F)cccc12)C1CCCCN1Cc1ccccc1. The summed E-state index contributed by atoms with van der Waals surface area (Å²) in [6.07, 6.45) is -9.13. The van der Waals surface area contributed by atoms with Crippen molar-refractivity contribution in [3.05, 3.63) is 77.0 Å². The third-order valence-corrected chi connectivity index (χ3v) is 6.04. The number of aromatic nitrogens is 1. The number of hydrogen-bond donors (Lipinski definition) is 1. The van der Waals surface area contributed by atoms with E-state index in [9.17, 15) is 31.4 Å². The minimum absolute atomic E-state index is 0.129. The zero-order valence-corrected chi connectivity index (χ0v) is 17.5. The highest BCUT2D eigenvalue weighted by atomic mass is 19.4. The van der Waals surface area contributed by atoms with Crippen molar-refractivity contribution in [1.29, 1.82) is 0 Å². The minimum atomic E-state index is -4.96. The van der Waals surface area contributed by atoms with Crippen molar-refractivity contribution in [2.75, 3.05) is 6.54 Å². The van der Waals surface area contributed by atoms with Crippen LogP contribution in [0.2, 0.25) is 0 Å². The Morgan fingerprint density at radius 2 is 1.67 bits per heavy atom. The fourth-order valence-corrected chi connectivity index (χ4v) is 4.49. The van der Waals surface area contributed by atoms with E-state index in [4.69, 9.17) is 0 Å². The second-order valence-electron chi connectivity index (χ2n) is 8.26. The Bertz CT molecular complexity index is 1110. The summed E-state index contributed by atoms with van der Waals surface area (Å²) in [5, 5.41) is 11.1. The average molecular weight is 468 g/mol. The van der Waals surface area contributed by atoms with Gasteiger partial charge in [0.25, 0.3) is 0 Å². The number of hydrogen-bond acceptors (Lipinski definition) is 3. The molecule has 0 radical (unpaired) electrons. The first-order chi connectivity index (χ1) is 15.6. The molecular formula is C24H22F6N2O. The van der Waals surface area contributed by atoms with E-state index in [1.807, 2.05) is 35.2 Å². The molecule has 1 unspecified atom stereocenters. The highest BCUT2D eigenvalue weighted by Gasteiger charge is 2.39. The zero-order valence-electron chi connectivity index (χ0n) is 17.5. The number of para-hydroxylation sites is 1. The van der Waals surface area contributed by atoms with Crippen LogP contribution in [-0.2, 0) is 18.9 Å². The van der Waals surface area contributed by atoms with E-state index in [1.54, 1.807) is 0 Å². The topological polar surface area (TPSA) is 36.4 Å². The van der Waals surface area contributed by atoms with Gasteiger partial charge in [0.05, 0.1) is 17.2 Å². The molecule has 3 nitrogen and oxygen atoms in total. The molecule has 176 valence electrons. The summed E-state index contributed by atoms with van der Waals surface area (Å²) in [5.41, 5.74) is -2.73. The zero-order chi connectivity index (χ0) is 23.8. The molecule has 2 aromatic carbocycles. The second kappa shape index (κ2) is 8.95. The summed E-state index contributed by atoms with van der Waals surface area (Å²) in [4.78, 5) is 5.30. The number of nitrogens with zero attached hydrogens (tertiary/aromatic N) is 2. The van der Waals surface area contributed by atoms with E-state index in [0.717, 1.165) is 24.5 Å². The first-order valence-corrected chi connectivity index (χ1v) is 10.6. The number of fused-ring (bicyclic) bond motifs is 1. The van der Waals surface area contributed by atoms with Crippen LogP contribution in [-0.4, -0.2) is 27.6 Å². The lowest BCUT2D eigenvalue weighted by atomic mass is 9.90. The van der Waals surface area contributed by atoms with E-state index in [-0.39, 0.29) is 10.9 Å². The molecule has 33 heavy (non-hydrogen) atoms. The lowest BCUT2D eigenvalue weighted by molar-refractivity contribution is -0.142. The van der Waals surface area contributed by atoms with E-state index in [0.29, 0.717) is 31.6 Å². The molecular weight excluding hydrogens is 446 g/mol. The van der Waals surface area contributed by atoms with Crippen molar-refractivity contribution < 1.29 is 31.4 Å². The van der Waals surface area contributed by atoms with Crippen molar-refractivity contribution in [3.8, 4) is 0 Å². The minimum Gasteiger partial charge on any atom is -0.387 e. The molecule has 1 saturated heterocycles. The Balaban J connectivity index is 1.81. The Hall–Kier alpha value is -2.65. The van der Waals surface area contributed by atoms with E-state index >= 15 is 0 Å². The van der Waals surface area contributed by atoms with E-state index in [2.05, 4.69) is 4.98 Å². The molecule has 2 heterocycles. The van der Waals surface area contributed by atoms with Gasteiger partial charge >= 0.3 is 12.4 Å². The molecule has 1 aliphatic rings. The molecule has 0 amide bonds. The first kappa shape index (κ1) is 23.5. The maximum absolute atomic E-state index is 13.6. The third kappa shape index (κ3) is 4.99. The quantitative estimate of drug-likeness (QED) is 0.453. The maximum Gasteiger partial charge on any atom is 0.433 e. The van der Waals surface area contributed by atoms with Crippen LogP contribution in [0, 0.1) is 0 Å². The fraction of sp³-hybridized carbons (Fsp3) is 0.375. The van der Waals surface area contributed by atoms with Crippen LogP contribution in [0.4, 0.5) is 26.3 Å². The van der Waals surface area contributed by atoms with Gasteiger partial charge in [-0.25, -0.2) is 4.98 Å². The molecule has 1 fully saturated rings. The number of piperidine rings is 1. The van der Waals surface area contributed by atoms with Crippen molar-refractivity contribution in [3.63, 3.8) is 0 Å². The summed E-state index contributed by atoms with van der Waals surface area (Å²) in [5.74, 6) is 0. The standard InChI is InChI=1S/C24H22F6N2O/c25-23(26,27)18-10-6-9-16-17(13-20(24(28,29)30)31-21(16)18)22(33)19-11-4-5-12-32(19)14-15-7-2-1-3-8-15/h1-3,6-10,13,19,22,33H,4-5,11-12,14H2/t19?,22-/m0/s1. The van der Waals surface area contributed by atoms with Gasteiger partial charge in [0.2, 0.25) is 0 Å². The number of halogens is 6. The normalized spacial score (nSPS) is 19.1. The third-order valence-electron chi connectivity index (χ3n) is 6.04. The number of alkyl halides is 6. The van der Waals surface area contributed by atoms with Gasteiger partial charge in [-0.3, -0.25) is 4.90 Å². The van der Waals surface area contributed by atoms with Gasteiger partial charge in [-0.1, -0.05) is 48.9 Å². The summed E-state index contributed by atoms with van der Waals surface area (Å²) in [7, 11) is 0.